The molecule has 0 bridgehead atoms. The molecule has 3 aromatic rings. The van der Waals surface area contributed by atoms with Crippen molar-refractivity contribution in [1.29, 1.82) is 0 Å². The monoisotopic (exact) mass is 514 g/mol. The van der Waals surface area contributed by atoms with E-state index in [2.05, 4.69) is 20.8 Å². The average Bonchev–Trinajstić information content (AvgIpc) is 3.44. The third-order valence-corrected chi connectivity index (χ3v) is 6.64. The number of halogens is 1. The van der Waals surface area contributed by atoms with Gasteiger partial charge in [-0.3, -0.25) is 19.3 Å². The molecule has 4 rings (SSSR count). The van der Waals surface area contributed by atoms with Crippen LogP contribution in [-0.2, 0) is 9.59 Å². The molecule has 180 valence electrons. The standard InChI is InChI=1S/C22H19FN6O4S2/c1-33-16-8-6-15(7-9-16)29-21(25-26-27-29)34-13-19(30)24-10-11-28-20(31)18(35-22(28)32)12-14-4-2-3-5-17(14)23/h2-9,12H,10-11,13H2,1H3,(H,24,30). The molecule has 1 N–H and O–H groups in total. The van der Waals surface area contributed by atoms with Crippen molar-refractivity contribution in [2.45, 2.75) is 5.16 Å². The van der Waals surface area contributed by atoms with Crippen molar-refractivity contribution < 1.29 is 23.5 Å². The van der Waals surface area contributed by atoms with E-state index in [1.807, 2.05) is 0 Å². The van der Waals surface area contributed by atoms with Gasteiger partial charge in [0.15, 0.2) is 0 Å². The lowest BCUT2D eigenvalue weighted by Gasteiger charge is -2.13. The number of amides is 3. The zero-order valence-electron chi connectivity index (χ0n) is 18.4. The molecule has 1 saturated heterocycles. The second-order valence-corrected chi connectivity index (χ2v) is 9.00. The van der Waals surface area contributed by atoms with Crippen LogP contribution in [0.5, 0.6) is 5.75 Å². The number of tetrazole rings is 1. The number of rotatable bonds is 9. The first-order chi connectivity index (χ1) is 17.0. The summed E-state index contributed by atoms with van der Waals surface area (Å²) in [6, 6.07) is 13.1. The smallest absolute Gasteiger partial charge is 0.293 e. The largest absolute Gasteiger partial charge is 0.497 e. The topological polar surface area (TPSA) is 119 Å². The Labute approximate surface area is 207 Å². The molecule has 0 atom stereocenters. The molecule has 0 radical (unpaired) electrons. The molecule has 35 heavy (non-hydrogen) atoms. The van der Waals surface area contributed by atoms with Crippen molar-refractivity contribution in [3.63, 3.8) is 0 Å². The quantitative estimate of drug-likeness (QED) is 0.340. The molecule has 1 aliphatic rings. The van der Waals surface area contributed by atoms with Crippen molar-refractivity contribution in [2.24, 2.45) is 0 Å². The highest BCUT2D eigenvalue weighted by Crippen LogP contribution is 2.32. The number of ether oxygens (including phenoxy) is 1. The SMILES string of the molecule is COc1ccc(-n2nnnc2SCC(=O)NCCN2C(=O)SC(=Cc3ccccc3F)C2=O)cc1. The van der Waals surface area contributed by atoms with Gasteiger partial charge in [-0.2, -0.15) is 4.68 Å². The first kappa shape index (κ1) is 24.4. The number of nitrogens with one attached hydrogen (secondary N) is 1. The van der Waals surface area contributed by atoms with Crippen LogP contribution in [0.4, 0.5) is 9.18 Å². The Hall–Kier alpha value is -3.71. The highest BCUT2D eigenvalue weighted by molar-refractivity contribution is 8.18. The summed E-state index contributed by atoms with van der Waals surface area (Å²) in [6.07, 6.45) is 1.35. The molecular formula is C22H19FN6O4S2. The van der Waals surface area contributed by atoms with Crippen molar-refractivity contribution >= 4 is 46.7 Å². The van der Waals surface area contributed by atoms with Crippen LogP contribution in [-0.4, -0.2) is 68.1 Å². The van der Waals surface area contributed by atoms with Gasteiger partial charge in [0.05, 0.1) is 23.5 Å². The molecule has 2 heterocycles. The summed E-state index contributed by atoms with van der Waals surface area (Å²) in [4.78, 5) is 38.2. The van der Waals surface area contributed by atoms with Crippen LogP contribution in [0.1, 0.15) is 5.56 Å². The van der Waals surface area contributed by atoms with Crippen molar-refractivity contribution in [3.05, 3.63) is 64.8 Å². The predicted molar refractivity (Wildman–Crippen MR) is 129 cm³/mol. The van der Waals surface area contributed by atoms with E-state index in [0.717, 1.165) is 28.4 Å². The van der Waals surface area contributed by atoms with Crippen LogP contribution in [0.3, 0.4) is 0 Å². The summed E-state index contributed by atoms with van der Waals surface area (Å²) in [7, 11) is 1.57. The van der Waals surface area contributed by atoms with E-state index in [9.17, 15) is 18.8 Å². The molecule has 13 heteroatoms. The van der Waals surface area contributed by atoms with E-state index < -0.39 is 17.0 Å². The highest BCUT2D eigenvalue weighted by Gasteiger charge is 2.34. The molecule has 0 aliphatic carbocycles. The van der Waals surface area contributed by atoms with Gasteiger partial charge in [-0.1, -0.05) is 30.0 Å². The third-order valence-electron chi connectivity index (χ3n) is 4.81. The minimum absolute atomic E-state index is 0.000723. The maximum atomic E-state index is 13.9. The number of hydrogen-bond donors (Lipinski definition) is 1. The van der Waals surface area contributed by atoms with E-state index in [4.69, 9.17) is 4.74 Å². The second-order valence-electron chi connectivity index (χ2n) is 7.06. The number of hydrogen-bond acceptors (Lipinski definition) is 9. The number of nitrogens with zero attached hydrogens (tertiary/aromatic N) is 5. The van der Waals surface area contributed by atoms with Crippen LogP contribution in [0, 0.1) is 5.82 Å². The highest BCUT2D eigenvalue weighted by atomic mass is 32.2. The van der Waals surface area contributed by atoms with Gasteiger partial charge in [0.1, 0.15) is 11.6 Å². The van der Waals surface area contributed by atoms with E-state index in [1.54, 1.807) is 43.5 Å². The number of methoxy groups -OCH3 is 1. The van der Waals surface area contributed by atoms with Crippen molar-refractivity contribution in [3.8, 4) is 11.4 Å². The molecule has 0 spiro atoms. The number of aromatic nitrogens is 4. The van der Waals surface area contributed by atoms with Crippen molar-refractivity contribution in [2.75, 3.05) is 26.0 Å². The van der Waals surface area contributed by atoms with Crippen LogP contribution >= 0.6 is 23.5 Å². The fraction of sp³-hybridized carbons (Fsp3) is 0.182. The molecule has 0 unspecified atom stereocenters. The fourth-order valence-corrected chi connectivity index (χ4v) is 4.65. The molecule has 1 aromatic heterocycles. The lowest BCUT2D eigenvalue weighted by atomic mass is 10.2. The van der Waals surface area contributed by atoms with Gasteiger partial charge in [-0.15, -0.1) is 5.10 Å². The van der Waals surface area contributed by atoms with Crippen LogP contribution in [0.25, 0.3) is 11.8 Å². The lowest BCUT2D eigenvalue weighted by Crippen LogP contribution is -2.37. The Kier molecular flexibility index (Phi) is 7.77. The normalized spacial score (nSPS) is 14.6. The van der Waals surface area contributed by atoms with E-state index in [0.29, 0.717) is 16.6 Å². The Morgan fingerprint density at radius 2 is 1.97 bits per heavy atom. The number of carbonyl (C=O) groups is 3. The molecule has 3 amide bonds. The van der Waals surface area contributed by atoms with Crippen molar-refractivity contribution in [1.82, 2.24) is 30.4 Å². The average molecular weight is 515 g/mol. The van der Waals surface area contributed by atoms with Gasteiger partial charge in [-0.05, 0) is 58.6 Å². The Balaban J connectivity index is 1.27. The summed E-state index contributed by atoms with van der Waals surface area (Å²) in [6.45, 7) is 0.0765. The van der Waals surface area contributed by atoms with E-state index in [-0.39, 0.29) is 35.2 Å². The summed E-state index contributed by atoms with van der Waals surface area (Å²) in [5.74, 6) is -0.592. The summed E-state index contributed by atoms with van der Waals surface area (Å²) in [5, 5.41) is 14.2. The second kappa shape index (κ2) is 11.1. The maximum Gasteiger partial charge on any atom is 0.293 e. The van der Waals surface area contributed by atoms with Crippen LogP contribution < -0.4 is 10.1 Å². The van der Waals surface area contributed by atoms with Crippen LogP contribution in [0.2, 0.25) is 0 Å². The van der Waals surface area contributed by atoms with Gasteiger partial charge in [0.2, 0.25) is 11.1 Å². The molecule has 1 fully saturated rings. The molecular weight excluding hydrogens is 495 g/mol. The van der Waals surface area contributed by atoms with Gasteiger partial charge in [0, 0.05) is 18.7 Å². The lowest BCUT2D eigenvalue weighted by molar-refractivity contribution is -0.123. The van der Waals surface area contributed by atoms with Gasteiger partial charge in [0.25, 0.3) is 11.1 Å². The number of imide groups is 1. The predicted octanol–water partition coefficient (Wildman–Crippen LogP) is 2.75. The Morgan fingerprint density at radius 1 is 1.20 bits per heavy atom. The summed E-state index contributed by atoms with van der Waals surface area (Å²) < 4.78 is 20.5. The Bertz CT molecular complexity index is 1280. The summed E-state index contributed by atoms with van der Waals surface area (Å²) >= 11 is 1.88. The molecule has 10 nitrogen and oxygen atoms in total. The Morgan fingerprint density at radius 3 is 2.71 bits per heavy atom. The molecule has 0 saturated carbocycles. The zero-order chi connectivity index (χ0) is 24.8. The van der Waals surface area contributed by atoms with Gasteiger partial charge in [-0.25, -0.2) is 4.39 Å². The first-order valence-corrected chi connectivity index (χ1v) is 12.1. The number of thioether (sulfide) groups is 2. The molecule has 2 aromatic carbocycles. The van der Waals surface area contributed by atoms with Crippen LogP contribution in [0.15, 0.2) is 58.6 Å². The van der Waals surface area contributed by atoms with E-state index >= 15 is 0 Å². The fourth-order valence-electron chi connectivity index (χ4n) is 3.07. The zero-order valence-corrected chi connectivity index (χ0v) is 20.0. The maximum absolute atomic E-state index is 13.9. The first-order valence-electron chi connectivity index (χ1n) is 10.3. The minimum Gasteiger partial charge on any atom is -0.497 e. The van der Waals surface area contributed by atoms with Gasteiger partial charge < -0.3 is 10.1 Å². The molecule has 1 aliphatic heterocycles. The summed E-state index contributed by atoms with van der Waals surface area (Å²) in [5.41, 5.74) is 0.932. The van der Waals surface area contributed by atoms with Gasteiger partial charge >= 0.3 is 0 Å². The minimum atomic E-state index is -0.523. The number of benzene rings is 2. The van der Waals surface area contributed by atoms with E-state index in [1.165, 1.54) is 22.9 Å². The third kappa shape index (κ3) is 5.87. The number of carbonyl (C=O) groups excluding carboxylic acids is 3.